The largest absolute Gasteiger partial charge is 0.314 e. The van der Waals surface area contributed by atoms with Crippen LogP contribution in [0.5, 0.6) is 0 Å². The molecule has 21 heavy (non-hydrogen) atoms. The second-order valence-corrected chi connectivity index (χ2v) is 7.08. The summed E-state index contributed by atoms with van der Waals surface area (Å²) in [5.41, 5.74) is 1.17. The van der Waals surface area contributed by atoms with Crippen molar-refractivity contribution in [2.45, 2.75) is 58.4 Å². The predicted octanol–water partition coefficient (Wildman–Crippen LogP) is 5.22. The molecule has 1 fully saturated rings. The second kappa shape index (κ2) is 8.14. The van der Waals surface area contributed by atoms with E-state index in [-0.39, 0.29) is 10.8 Å². The molecule has 0 radical (unpaired) electrons. The molecule has 2 atom stereocenters. The van der Waals surface area contributed by atoms with Gasteiger partial charge in [0.2, 0.25) is 0 Å². The number of benzene rings is 1. The van der Waals surface area contributed by atoms with Crippen LogP contribution in [0.1, 0.15) is 51.5 Å². The Morgan fingerprint density at radius 2 is 1.90 bits per heavy atom. The standard InChI is InChI=1S/C18H27ClFN/c1-13(2)21-12-16-7-5-3-4-6-15(16)10-14-8-9-18(20)17(19)11-14/h8-9,11,13,15-16,21H,3-7,10,12H2,1-2H3. The maximum atomic E-state index is 13.3. The Kier molecular flexibility index (Phi) is 6.50. The first-order chi connectivity index (χ1) is 10.1. The normalized spacial score (nSPS) is 23.3. The SMILES string of the molecule is CC(C)NCC1CCCCCC1Cc1ccc(F)c(Cl)c1. The Hall–Kier alpha value is -0.600. The fraction of sp³-hybridized carbons (Fsp3) is 0.667. The average molecular weight is 312 g/mol. The predicted molar refractivity (Wildman–Crippen MR) is 88.3 cm³/mol. The summed E-state index contributed by atoms with van der Waals surface area (Å²) < 4.78 is 13.3. The van der Waals surface area contributed by atoms with Gasteiger partial charge in [-0.15, -0.1) is 0 Å². The Balaban J connectivity index is 2.03. The van der Waals surface area contributed by atoms with Crippen molar-refractivity contribution in [3.63, 3.8) is 0 Å². The molecule has 1 aromatic carbocycles. The topological polar surface area (TPSA) is 12.0 Å². The van der Waals surface area contributed by atoms with Crippen LogP contribution in [-0.4, -0.2) is 12.6 Å². The first-order valence-corrected chi connectivity index (χ1v) is 8.61. The molecule has 1 aromatic rings. The Morgan fingerprint density at radius 3 is 2.57 bits per heavy atom. The van der Waals surface area contributed by atoms with E-state index in [0.717, 1.165) is 18.9 Å². The van der Waals surface area contributed by atoms with Crippen LogP contribution in [0, 0.1) is 17.7 Å². The molecule has 0 spiro atoms. The van der Waals surface area contributed by atoms with E-state index in [9.17, 15) is 4.39 Å². The van der Waals surface area contributed by atoms with Gasteiger partial charge < -0.3 is 5.32 Å². The maximum Gasteiger partial charge on any atom is 0.141 e. The molecule has 1 nitrogen and oxygen atoms in total. The van der Waals surface area contributed by atoms with Crippen molar-refractivity contribution >= 4 is 11.6 Å². The lowest BCUT2D eigenvalue weighted by Crippen LogP contribution is -2.33. The van der Waals surface area contributed by atoms with Crippen LogP contribution in [0.25, 0.3) is 0 Å². The summed E-state index contributed by atoms with van der Waals surface area (Å²) in [6, 6.07) is 5.72. The third kappa shape index (κ3) is 5.27. The van der Waals surface area contributed by atoms with Crippen molar-refractivity contribution in [3.8, 4) is 0 Å². The van der Waals surface area contributed by atoms with Gasteiger partial charge in [0.25, 0.3) is 0 Å². The summed E-state index contributed by atoms with van der Waals surface area (Å²) >= 11 is 5.92. The van der Waals surface area contributed by atoms with Crippen molar-refractivity contribution in [3.05, 3.63) is 34.6 Å². The van der Waals surface area contributed by atoms with E-state index < -0.39 is 0 Å². The van der Waals surface area contributed by atoms with Crippen LogP contribution < -0.4 is 5.32 Å². The van der Waals surface area contributed by atoms with Gasteiger partial charge in [0, 0.05) is 6.04 Å². The molecule has 0 amide bonds. The van der Waals surface area contributed by atoms with E-state index in [4.69, 9.17) is 11.6 Å². The molecule has 0 heterocycles. The zero-order valence-corrected chi connectivity index (χ0v) is 13.9. The third-order valence-corrected chi connectivity index (χ3v) is 4.88. The lowest BCUT2D eigenvalue weighted by atomic mass is 9.83. The van der Waals surface area contributed by atoms with Crippen LogP contribution in [-0.2, 0) is 6.42 Å². The molecular weight excluding hydrogens is 285 g/mol. The van der Waals surface area contributed by atoms with Gasteiger partial charge in [0.1, 0.15) is 5.82 Å². The van der Waals surface area contributed by atoms with Gasteiger partial charge in [-0.1, -0.05) is 50.8 Å². The van der Waals surface area contributed by atoms with Gasteiger partial charge in [0.05, 0.1) is 5.02 Å². The van der Waals surface area contributed by atoms with Gasteiger partial charge in [0.15, 0.2) is 0 Å². The minimum Gasteiger partial charge on any atom is -0.314 e. The van der Waals surface area contributed by atoms with Gasteiger partial charge in [-0.05, 0) is 55.3 Å². The fourth-order valence-electron chi connectivity index (χ4n) is 3.36. The lowest BCUT2D eigenvalue weighted by molar-refractivity contribution is 0.291. The van der Waals surface area contributed by atoms with Crippen molar-refractivity contribution in [2.75, 3.05) is 6.54 Å². The van der Waals surface area contributed by atoms with Gasteiger partial charge >= 0.3 is 0 Å². The summed E-state index contributed by atoms with van der Waals surface area (Å²) in [6.45, 7) is 5.49. The van der Waals surface area contributed by atoms with E-state index in [0.29, 0.717) is 12.0 Å². The van der Waals surface area contributed by atoms with Crippen molar-refractivity contribution in [1.29, 1.82) is 0 Å². The molecule has 2 rings (SSSR count). The molecule has 0 aliphatic heterocycles. The van der Waals surface area contributed by atoms with Crippen molar-refractivity contribution in [1.82, 2.24) is 5.32 Å². The molecule has 1 aliphatic carbocycles. The van der Waals surface area contributed by atoms with E-state index in [1.54, 1.807) is 6.07 Å². The summed E-state index contributed by atoms with van der Waals surface area (Å²) in [5, 5.41) is 3.84. The Morgan fingerprint density at radius 1 is 1.19 bits per heavy atom. The fourth-order valence-corrected chi connectivity index (χ4v) is 3.56. The second-order valence-electron chi connectivity index (χ2n) is 6.67. The molecule has 118 valence electrons. The summed E-state index contributed by atoms with van der Waals surface area (Å²) in [4.78, 5) is 0. The quantitative estimate of drug-likeness (QED) is 0.735. The first-order valence-electron chi connectivity index (χ1n) is 8.23. The summed E-state index contributed by atoms with van der Waals surface area (Å²) in [5.74, 6) is 1.08. The first kappa shape index (κ1) is 16.8. The maximum absolute atomic E-state index is 13.3. The van der Waals surface area contributed by atoms with Crippen LogP contribution in [0.3, 0.4) is 0 Å². The minimum atomic E-state index is -0.320. The molecule has 0 saturated heterocycles. The smallest absolute Gasteiger partial charge is 0.141 e. The van der Waals surface area contributed by atoms with Gasteiger partial charge in [-0.2, -0.15) is 0 Å². The highest BCUT2D eigenvalue weighted by atomic mass is 35.5. The number of hydrogen-bond donors (Lipinski definition) is 1. The highest BCUT2D eigenvalue weighted by Gasteiger charge is 2.24. The number of nitrogens with one attached hydrogen (secondary N) is 1. The van der Waals surface area contributed by atoms with Crippen LogP contribution >= 0.6 is 11.6 Å². The minimum absolute atomic E-state index is 0.248. The van der Waals surface area contributed by atoms with Crippen molar-refractivity contribution < 1.29 is 4.39 Å². The monoisotopic (exact) mass is 311 g/mol. The van der Waals surface area contributed by atoms with E-state index >= 15 is 0 Å². The van der Waals surface area contributed by atoms with E-state index in [1.165, 1.54) is 43.7 Å². The van der Waals surface area contributed by atoms with Crippen LogP contribution in [0.4, 0.5) is 4.39 Å². The molecule has 1 N–H and O–H groups in total. The van der Waals surface area contributed by atoms with Crippen LogP contribution in [0.15, 0.2) is 18.2 Å². The Labute approximate surface area is 133 Å². The highest BCUT2D eigenvalue weighted by Crippen LogP contribution is 2.32. The zero-order valence-electron chi connectivity index (χ0n) is 13.2. The lowest BCUT2D eigenvalue weighted by Gasteiger charge is -2.26. The Bertz CT molecular complexity index is 447. The number of rotatable bonds is 5. The van der Waals surface area contributed by atoms with Gasteiger partial charge in [-0.25, -0.2) is 4.39 Å². The molecular formula is C18H27ClFN. The zero-order chi connectivity index (χ0) is 15.2. The molecule has 0 bridgehead atoms. The summed E-state index contributed by atoms with van der Waals surface area (Å²) in [6.07, 6.45) is 7.60. The molecule has 0 aromatic heterocycles. The number of hydrogen-bond acceptors (Lipinski definition) is 1. The molecule has 2 unspecified atom stereocenters. The summed E-state index contributed by atoms with van der Waals surface area (Å²) in [7, 11) is 0. The molecule has 1 aliphatic rings. The average Bonchev–Trinajstić information content (AvgIpc) is 2.66. The molecule has 1 saturated carbocycles. The van der Waals surface area contributed by atoms with Crippen LogP contribution in [0.2, 0.25) is 5.02 Å². The highest BCUT2D eigenvalue weighted by molar-refractivity contribution is 6.30. The number of halogens is 2. The van der Waals surface area contributed by atoms with E-state index in [1.807, 2.05) is 6.07 Å². The van der Waals surface area contributed by atoms with E-state index in [2.05, 4.69) is 19.2 Å². The third-order valence-electron chi connectivity index (χ3n) is 4.59. The van der Waals surface area contributed by atoms with Crippen molar-refractivity contribution in [2.24, 2.45) is 11.8 Å². The van der Waals surface area contributed by atoms with Gasteiger partial charge in [-0.3, -0.25) is 0 Å². The molecule has 3 heteroatoms.